The van der Waals surface area contributed by atoms with Crippen molar-refractivity contribution in [2.24, 2.45) is 11.7 Å². The fraction of sp³-hybridized carbons (Fsp3) is 0.857. The third-order valence-corrected chi connectivity index (χ3v) is 2.20. The van der Waals surface area contributed by atoms with Gasteiger partial charge < -0.3 is 15.7 Å². The first kappa shape index (κ1) is 8.33. The van der Waals surface area contributed by atoms with Crippen molar-refractivity contribution in [3.8, 4) is 0 Å². The highest BCUT2D eigenvalue weighted by atomic mass is 16.3. The smallest absolute Gasteiger partial charge is 0.188 e. The first-order valence-corrected chi connectivity index (χ1v) is 3.88. The summed E-state index contributed by atoms with van der Waals surface area (Å²) in [4.78, 5) is 1.79. The quantitative estimate of drug-likeness (QED) is 0.330. The van der Waals surface area contributed by atoms with Gasteiger partial charge in [0.25, 0.3) is 0 Å². The molecule has 0 aromatic heterocycles. The van der Waals surface area contributed by atoms with Crippen molar-refractivity contribution in [1.82, 2.24) is 4.90 Å². The summed E-state index contributed by atoms with van der Waals surface area (Å²) in [6.45, 7) is 3.39. The largest absolute Gasteiger partial charge is 0.393 e. The maximum absolute atomic E-state index is 9.34. The lowest BCUT2D eigenvalue weighted by atomic mass is 9.97. The fourth-order valence-corrected chi connectivity index (χ4v) is 1.35. The molecule has 0 amide bonds. The molecule has 4 nitrogen and oxygen atoms in total. The van der Waals surface area contributed by atoms with Crippen molar-refractivity contribution in [2.45, 2.75) is 19.4 Å². The lowest BCUT2D eigenvalue weighted by Gasteiger charge is -2.34. The SMILES string of the molecule is CC1CN(C(=N)N)CCC1O. The van der Waals surface area contributed by atoms with E-state index in [-0.39, 0.29) is 18.0 Å². The molecule has 11 heavy (non-hydrogen) atoms. The molecule has 1 rings (SSSR count). The van der Waals surface area contributed by atoms with E-state index in [4.69, 9.17) is 11.1 Å². The molecular formula is C7H15N3O. The Kier molecular flexibility index (Phi) is 2.34. The number of rotatable bonds is 0. The van der Waals surface area contributed by atoms with Gasteiger partial charge in [0.05, 0.1) is 6.10 Å². The third kappa shape index (κ3) is 1.83. The fourth-order valence-electron chi connectivity index (χ4n) is 1.35. The summed E-state index contributed by atoms with van der Waals surface area (Å²) in [6.07, 6.45) is 0.506. The average molecular weight is 157 g/mol. The first-order chi connectivity index (χ1) is 5.11. The summed E-state index contributed by atoms with van der Waals surface area (Å²) in [5, 5.41) is 16.5. The zero-order chi connectivity index (χ0) is 8.43. The summed E-state index contributed by atoms with van der Waals surface area (Å²) in [6, 6.07) is 0. The van der Waals surface area contributed by atoms with Crippen LogP contribution in [0.4, 0.5) is 0 Å². The molecule has 0 radical (unpaired) electrons. The Morgan fingerprint density at radius 3 is 2.82 bits per heavy atom. The number of hydrogen-bond donors (Lipinski definition) is 3. The molecule has 64 valence electrons. The van der Waals surface area contributed by atoms with Gasteiger partial charge in [0.15, 0.2) is 5.96 Å². The third-order valence-electron chi connectivity index (χ3n) is 2.20. The Balaban J connectivity index is 2.46. The molecule has 0 aliphatic carbocycles. The standard InChI is InChI=1S/C7H15N3O/c1-5-4-10(7(8)9)3-2-6(5)11/h5-6,11H,2-4H2,1H3,(H3,8,9). The van der Waals surface area contributed by atoms with Crippen molar-refractivity contribution < 1.29 is 5.11 Å². The van der Waals surface area contributed by atoms with Gasteiger partial charge in [0.1, 0.15) is 0 Å². The summed E-state index contributed by atoms with van der Waals surface area (Å²) in [7, 11) is 0. The number of hydrogen-bond acceptors (Lipinski definition) is 2. The van der Waals surface area contributed by atoms with Crippen LogP contribution >= 0.6 is 0 Å². The Hall–Kier alpha value is -0.770. The second-order valence-electron chi connectivity index (χ2n) is 3.16. The molecule has 0 aromatic carbocycles. The van der Waals surface area contributed by atoms with Crippen molar-refractivity contribution in [3.63, 3.8) is 0 Å². The van der Waals surface area contributed by atoms with Gasteiger partial charge in [0, 0.05) is 13.1 Å². The molecule has 0 saturated carbocycles. The maximum atomic E-state index is 9.34. The van der Waals surface area contributed by atoms with E-state index in [1.54, 1.807) is 4.90 Å². The lowest BCUT2D eigenvalue weighted by molar-refractivity contribution is 0.0584. The zero-order valence-corrected chi connectivity index (χ0v) is 6.75. The molecule has 4 N–H and O–H groups in total. The number of likely N-dealkylation sites (tertiary alicyclic amines) is 1. The molecule has 1 saturated heterocycles. The van der Waals surface area contributed by atoms with E-state index in [1.807, 2.05) is 6.92 Å². The summed E-state index contributed by atoms with van der Waals surface area (Å²) < 4.78 is 0. The van der Waals surface area contributed by atoms with Crippen LogP contribution in [0.3, 0.4) is 0 Å². The van der Waals surface area contributed by atoms with Crippen LogP contribution in [0.15, 0.2) is 0 Å². The van der Waals surface area contributed by atoms with Crippen molar-refractivity contribution in [1.29, 1.82) is 5.41 Å². The van der Waals surface area contributed by atoms with Gasteiger partial charge in [0.2, 0.25) is 0 Å². The average Bonchev–Trinajstić information content (AvgIpc) is 1.94. The van der Waals surface area contributed by atoms with Crippen molar-refractivity contribution in [2.75, 3.05) is 13.1 Å². The van der Waals surface area contributed by atoms with Crippen LogP contribution in [0, 0.1) is 11.3 Å². The monoisotopic (exact) mass is 157 g/mol. The minimum absolute atomic E-state index is 0.115. The van der Waals surface area contributed by atoms with Crippen LogP contribution in [0.5, 0.6) is 0 Å². The Labute approximate surface area is 66.5 Å². The van der Waals surface area contributed by atoms with Gasteiger partial charge >= 0.3 is 0 Å². The predicted octanol–water partition coefficient (Wildman–Crippen LogP) is -0.417. The molecule has 1 heterocycles. The number of aliphatic hydroxyl groups excluding tert-OH is 1. The number of nitrogens with two attached hydrogens (primary N) is 1. The van der Waals surface area contributed by atoms with Crippen LogP contribution < -0.4 is 5.73 Å². The van der Waals surface area contributed by atoms with Crippen LogP contribution in [0.25, 0.3) is 0 Å². The Morgan fingerprint density at radius 1 is 1.73 bits per heavy atom. The number of nitrogens with one attached hydrogen (secondary N) is 1. The van der Waals surface area contributed by atoms with Crippen LogP contribution in [-0.4, -0.2) is 35.2 Å². The highest BCUT2D eigenvalue weighted by Crippen LogP contribution is 2.15. The van der Waals surface area contributed by atoms with Gasteiger partial charge in [-0.25, -0.2) is 0 Å². The second kappa shape index (κ2) is 3.09. The number of guanidine groups is 1. The molecule has 0 bridgehead atoms. The van der Waals surface area contributed by atoms with Crippen LogP contribution in [0.1, 0.15) is 13.3 Å². The van der Waals surface area contributed by atoms with Crippen molar-refractivity contribution >= 4 is 5.96 Å². The molecule has 1 aliphatic heterocycles. The maximum Gasteiger partial charge on any atom is 0.188 e. The molecular weight excluding hydrogens is 142 g/mol. The van der Waals surface area contributed by atoms with E-state index in [9.17, 15) is 5.11 Å². The van der Waals surface area contributed by atoms with E-state index in [0.717, 1.165) is 6.42 Å². The molecule has 4 heteroatoms. The van der Waals surface area contributed by atoms with Gasteiger partial charge in [-0.05, 0) is 12.3 Å². The topological polar surface area (TPSA) is 73.3 Å². The van der Waals surface area contributed by atoms with Gasteiger partial charge in [-0.3, -0.25) is 5.41 Å². The minimum atomic E-state index is -0.217. The predicted molar refractivity (Wildman–Crippen MR) is 43.3 cm³/mol. The van der Waals surface area contributed by atoms with Crippen LogP contribution in [-0.2, 0) is 0 Å². The van der Waals surface area contributed by atoms with E-state index in [0.29, 0.717) is 13.1 Å². The summed E-state index contributed by atoms with van der Waals surface area (Å²) in [5.41, 5.74) is 5.30. The summed E-state index contributed by atoms with van der Waals surface area (Å²) in [5.74, 6) is 0.344. The number of piperidine rings is 1. The number of aliphatic hydroxyl groups is 1. The van der Waals surface area contributed by atoms with E-state index in [1.165, 1.54) is 0 Å². The highest BCUT2D eigenvalue weighted by Gasteiger charge is 2.24. The first-order valence-electron chi connectivity index (χ1n) is 3.88. The summed E-state index contributed by atoms with van der Waals surface area (Å²) >= 11 is 0. The van der Waals surface area contributed by atoms with Crippen LogP contribution in [0.2, 0.25) is 0 Å². The van der Waals surface area contributed by atoms with Crippen molar-refractivity contribution in [3.05, 3.63) is 0 Å². The molecule has 0 aromatic rings. The van der Waals surface area contributed by atoms with Gasteiger partial charge in [-0.15, -0.1) is 0 Å². The van der Waals surface area contributed by atoms with E-state index < -0.39 is 0 Å². The van der Waals surface area contributed by atoms with E-state index in [2.05, 4.69) is 0 Å². The number of nitrogens with zero attached hydrogens (tertiary/aromatic N) is 1. The van der Waals surface area contributed by atoms with E-state index >= 15 is 0 Å². The molecule has 0 spiro atoms. The molecule has 2 atom stereocenters. The second-order valence-corrected chi connectivity index (χ2v) is 3.16. The Bertz CT molecular complexity index is 160. The molecule has 1 aliphatic rings. The minimum Gasteiger partial charge on any atom is -0.393 e. The highest BCUT2D eigenvalue weighted by molar-refractivity contribution is 5.74. The van der Waals surface area contributed by atoms with Gasteiger partial charge in [-0.2, -0.15) is 0 Å². The van der Waals surface area contributed by atoms with Gasteiger partial charge in [-0.1, -0.05) is 6.92 Å². The zero-order valence-electron chi connectivity index (χ0n) is 6.75. The Morgan fingerprint density at radius 2 is 2.36 bits per heavy atom. The molecule has 1 fully saturated rings. The normalized spacial score (nSPS) is 32.0. The lowest BCUT2D eigenvalue weighted by Crippen LogP contribution is -2.47. The molecule has 2 unspecified atom stereocenters.